The van der Waals surface area contributed by atoms with Crippen molar-refractivity contribution in [1.29, 1.82) is 5.26 Å². The van der Waals surface area contributed by atoms with E-state index >= 15 is 0 Å². The minimum Gasteiger partial charge on any atom is -0.462 e. The van der Waals surface area contributed by atoms with Crippen LogP contribution in [-0.2, 0) is 5.41 Å². The van der Waals surface area contributed by atoms with E-state index in [0.29, 0.717) is 16.4 Å². The van der Waals surface area contributed by atoms with Crippen LogP contribution in [0.3, 0.4) is 0 Å². The van der Waals surface area contributed by atoms with Gasteiger partial charge >= 0.3 is 0 Å². The molecule has 0 aliphatic rings. The third kappa shape index (κ3) is 1.83. The van der Waals surface area contributed by atoms with Gasteiger partial charge in [0.25, 0.3) is 0 Å². The maximum atomic E-state index is 9.34. The fourth-order valence-electron chi connectivity index (χ4n) is 1.87. The molecule has 0 unspecified atom stereocenters. The summed E-state index contributed by atoms with van der Waals surface area (Å²) in [7, 11) is 0. The molecular weight excluding hydrogens is 260 g/mol. The largest absolute Gasteiger partial charge is 0.462 e. The van der Waals surface area contributed by atoms with E-state index in [4.69, 9.17) is 4.42 Å². The second kappa shape index (κ2) is 3.93. The molecular formula is C13H12N4OS. The van der Waals surface area contributed by atoms with Crippen LogP contribution in [0.25, 0.3) is 15.7 Å². The highest BCUT2D eigenvalue weighted by Crippen LogP contribution is 2.31. The van der Waals surface area contributed by atoms with Crippen molar-refractivity contribution in [3.63, 3.8) is 0 Å². The van der Waals surface area contributed by atoms with Gasteiger partial charge in [0, 0.05) is 5.41 Å². The number of fused-ring (bicyclic) bond motifs is 1. The van der Waals surface area contributed by atoms with Crippen LogP contribution in [0, 0.1) is 11.3 Å². The highest BCUT2D eigenvalue weighted by atomic mass is 32.1. The number of hydrogen-bond acceptors (Lipinski definition) is 5. The molecule has 3 aromatic heterocycles. The molecule has 0 amide bonds. The summed E-state index contributed by atoms with van der Waals surface area (Å²) in [4.78, 5) is 5.26. The molecule has 0 bridgehead atoms. The third-order valence-corrected chi connectivity index (χ3v) is 3.67. The number of imidazole rings is 1. The molecule has 0 atom stereocenters. The Balaban J connectivity index is 2.22. The second-order valence-corrected chi connectivity index (χ2v) is 6.21. The van der Waals surface area contributed by atoms with E-state index in [1.165, 1.54) is 11.3 Å². The van der Waals surface area contributed by atoms with E-state index in [2.05, 4.69) is 16.2 Å². The number of rotatable bonds is 1. The van der Waals surface area contributed by atoms with Crippen LogP contribution in [0.15, 0.2) is 22.8 Å². The Morgan fingerprint density at radius 3 is 2.79 bits per heavy atom. The van der Waals surface area contributed by atoms with Gasteiger partial charge in [-0.25, -0.2) is 4.98 Å². The Bertz CT molecular complexity index is 768. The molecule has 5 nitrogen and oxygen atoms in total. The van der Waals surface area contributed by atoms with Gasteiger partial charge in [-0.15, -0.1) is 5.10 Å². The van der Waals surface area contributed by atoms with Gasteiger partial charge in [-0.3, -0.25) is 0 Å². The molecule has 0 aliphatic carbocycles. The Morgan fingerprint density at radius 1 is 1.42 bits per heavy atom. The lowest BCUT2D eigenvalue weighted by molar-refractivity contribution is 0.569. The minimum absolute atomic E-state index is 0.177. The molecule has 0 aromatic carbocycles. The first-order valence-electron chi connectivity index (χ1n) is 5.85. The van der Waals surface area contributed by atoms with Gasteiger partial charge < -0.3 is 4.42 Å². The van der Waals surface area contributed by atoms with Crippen LogP contribution in [0.1, 0.15) is 32.2 Å². The third-order valence-electron chi connectivity index (χ3n) is 2.75. The summed E-state index contributed by atoms with van der Waals surface area (Å²) in [6.45, 7) is 6.11. The van der Waals surface area contributed by atoms with Crippen molar-refractivity contribution in [2.75, 3.05) is 0 Å². The summed E-state index contributed by atoms with van der Waals surface area (Å²) in [6, 6.07) is 5.85. The number of nitriles is 1. The summed E-state index contributed by atoms with van der Waals surface area (Å²) in [5.41, 5.74) is 1.10. The van der Waals surface area contributed by atoms with Gasteiger partial charge in [-0.2, -0.15) is 9.78 Å². The summed E-state index contributed by atoms with van der Waals surface area (Å²) in [6.07, 6.45) is 1.60. The molecule has 0 saturated heterocycles. The highest BCUT2D eigenvalue weighted by molar-refractivity contribution is 7.19. The Hall–Kier alpha value is -2.13. The lowest BCUT2D eigenvalue weighted by Crippen LogP contribution is -2.14. The van der Waals surface area contributed by atoms with Crippen LogP contribution in [-0.4, -0.2) is 14.6 Å². The normalized spacial score (nSPS) is 11.9. The Morgan fingerprint density at radius 2 is 2.21 bits per heavy atom. The molecule has 19 heavy (non-hydrogen) atoms. The van der Waals surface area contributed by atoms with Crippen molar-refractivity contribution < 1.29 is 4.42 Å². The van der Waals surface area contributed by atoms with Gasteiger partial charge in [0.2, 0.25) is 4.96 Å². The fourth-order valence-corrected chi connectivity index (χ4v) is 2.74. The topological polar surface area (TPSA) is 67.1 Å². The first-order valence-corrected chi connectivity index (χ1v) is 6.66. The molecule has 0 spiro atoms. The zero-order valence-electron chi connectivity index (χ0n) is 10.8. The van der Waals surface area contributed by atoms with Crippen LogP contribution in [0.4, 0.5) is 0 Å². The van der Waals surface area contributed by atoms with Gasteiger partial charge in [0.05, 0.1) is 12.0 Å². The Kier molecular flexibility index (Phi) is 2.47. The quantitative estimate of drug-likeness (QED) is 0.682. The molecule has 6 heteroatoms. The molecule has 0 radical (unpaired) electrons. The number of aromatic nitrogens is 3. The fraction of sp³-hybridized carbons (Fsp3) is 0.308. The molecule has 3 heterocycles. The molecule has 3 rings (SSSR count). The summed E-state index contributed by atoms with van der Waals surface area (Å²) in [5, 5.41) is 14.5. The van der Waals surface area contributed by atoms with E-state index in [-0.39, 0.29) is 5.41 Å². The molecule has 0 N–H and O–H groups in total. The average Bonchev–Trinajstić information content (AvgIpc) is 3.01. The number of furan rings is 1. The predicted octanol–water partition coefficient (Wildman–Crippen LogP) is 3.22. The monoisotopic (exact) mass is 272 g/mol. The van der Waals surface area contributed by atoms with Crippen molar-refractivity contribution in [3.05, 3.63) is 29.8 Å². The van der Waals surface area contributed by atoms with E-state index in [1.807, 2.05) is 32.9 Å². The van der Waals surface area contributed by atoms with E-state index in [0.717, 1.165) is 10.7 Å². The molecule has 0 saturated carbocycles. The van der Waals surface area contributed by atoms with Gasteiger partial charge in [0.1, 0.15) is 6.07 Å². The average molecular weight is 272 g/mol. The van der Waals surface area contributed by atoms with Gasteiger partial charge in [0.15, 0.2) is 16.5 Å². The minimum atomic E-state index is -0.177. The maximum Gasteiger partial charge on any atom is 0.214 e. The van der Waals surface area contributed by atoms with Crippen molar-refractivity contribution in [1.82, 2.24) is 14.6 Å². The van der Waals surface area contributed by atoms with Crippen LogP contribution < -0.4 is 0 Å². The van der Waals surface area contributed by atoms with Crippen molar-refractivity contribution in [2.45, 2.75) is 26.2 Å². The smallest absolute Gasteiger partial charge is 0.214 e. The maximum absolute atomic E-state index is 9.34. The van der Waals surface area contributed by atoms with Crippen molar-refractivity contribution in [2.24, 2.45) is 0 Å². The highest BCUT2D eigenvalue weighted by Gasteiger charge is 2.26. The second-order valence-electron chi connectivity index (χ2n) is 5.25. The number of nitrogens with zero attached hydrogens (tertiary/aromatic N) is 4. The lowest BCUT2D eigenvalue weighted by atomic mass is 9.91. The van der Waals surface area contributed by atoms with Crippen molar-refractivity contribution in [3.8, 4) is 16.8 Å². The molecule has 3 aromatic rings. The summed E-state index contributed by atoms with van der Waals surface area (Å²) < 4.78 is 6.91. The lowest BCUT2D eigenvalue weighted by Gasteiger charge is -2.14. The number of hydrogen-bond donors (Lipinski definition) is 0. The first kappa shape index (κ1) is 11.9. The van der Waals surface area contributed by atoms with Crippen molar-refractivity contribution >= 4 is 16.3 Å². The predicted molar refractivity (Wildman–Crippen MR) is 72.0 cm³/mol. The standard InChI is InChI=1S/C13H12N4OS/c1-13(2,3)10-8(7-14)17-12(15-10)19-11(16-17)9-5-4-6-18-9/h4-6H,1-3H3. The van der Waals surface area contributed by atoms with Crippen LogP contribution >= 0.6 is 11.3 Å². The first-order chi connectivity index (χ1) is 9.00. The molecule has 0 aliphatic heterocycles. The van der Waals surface area contributed by atoms with E-state index < -0.39 is 0 Å². The Labute approximate surface area is 114 Å². The van der Waals surface area contributed by atoms with Crippen LogP contribution in [0.5, 0.6) is 0 Å². The van der Waals surface area contributed by atoms with E-state index in [9.17, 15) is 5.26 Å². The van der Waals surface area contributed by atoms with Gasteiger partial charge in [-0.1, -0.05) is 32.1 Å². The zero-order valence-corrected chi connectivity index (χ0v) is 11.7. The van der Waals surface area contributed by atoms with Gasteiger partial charge in [-0.05, 0) is 12.1 Å². The SMILES string of the molecule is CC(C)(C)c1nc2sc(-c3ccco3)nn2c1C#N. The summed E-state index contributed by atoms with van der Waals surface area (Å²) >= 11 is 1.42. The zero-order chi connectivity index (χ0) is 13.6. The molecule has 0 fully saturated rings. The molecule has 96 valence electrons. The summed E-state index contributed by atoms with van der Waals surface area (Å²) in [5.74, 6) is 0.691. The van der Waals surface area contributed by atoms with Crippen LogP contribution in [0.2, 0.25) is 0 Å². The van der Waals surface area contributed by atoms with E-state index in [1.54, 1.807) is 10.8 Å².